The average Bonchev–Trinajstić information content (AvgIpc) is 2.29. The van der Waals surface area contributed by atoms with Crippen LogP contribution >= 0.6 is 11.6 Å². The van der Waals surface area contributed by atoms with Crippen molar-refractivity contribution < 1.29 is 15.0 Å². The number of hydrogen-bond donors (Lipinski definition) is 3. The zero-order chi connectivity index (χ0) is 12.1. The first kappa shape index (κ1) is 13.1. The molecule has 0 aliphatic carbocycles. The van der Waals surface area contributed by atoms with E-state index in [0.29, 0.717) is 22.4 Å². The zero-order valence-electron chi connectivity index (χ0n) is 8.85. The molecule has 4 nitrogen and oxygen atoms in total. The number of carbonyl (C=O) groups is 1. The Bertz CT molecular complexity index is 370. The number of aliphatic hydroxyl groups excluding tert-OH is 2. The third-order valence-corrected chi connectivity index (χ3v) is 2.60. The summed E-state index contributed by atoms with van der Waals surface area (Å²) in [5, 5.41) is 22.5. The van der Waals surface area contributed by atoms with Gasteiger partial charge in [0.2, 0.25) is 0 Å². The second-order valence-corrected chi connectivity index (χ2v) is 3.88. The summed E-state index contributed by atoms with van der Waals surface area (Å²) >= 11 is 5.88. The molecule has 1 rings (SSSR count). The van der Waals surface area contributed by atoms with E-state index >= 15 is 0 Å². The van der Waals surface area contributed by atoms with Gasteiger partial charge in [-0.2, -0.15) is 0 Å². The summed E-state index contributed by atoms with van der Waals surface area (Å²) in [6.45, 7) is 0.239. The average molecular weight is 244 g/mol. The molecule has 2 atom stereocenters. The molecule has 0 heterocycles. The summed E-state index contributed by atoms with van der Waals surface area (Å²) in [6, 6.07) is 4.55. The minimum Gasteiger partial charge on any atom is -0.389 e. The van der Waals surface area contributed by atoms with Gasteiger partial charge in [-0.15, -0.1) is 0 Å². The summed E-state index contributed by atoms with van der Waals surface area (Å²) in [7, 11) is 1.67. The Morgan fingerprint density at radius 3 is 2.75 bits per heavy atom. The van der Waals surface area contributed by atoms with Crippen molar-refractivity contribution in [3.8, 4) is 0 Å². The van der Waals surface area contributed by atoms with Gasteiger partial charge in [-0.1, -0.05) is 17.7 Å². The molecule has 0 radical (unpaired) electrons. The number of aldehydes is 1. The number of hydrogen-bond acceptors (Lipinski definition) is 4. The van der Waals surface area contributed by atoms with E-state index in [4.69, 9.17) is 11.6 Å². The summed E-state index contributed by atoms with van der Waals surface area (Å²) < 4.78 is 0. The van der Waals surface area contributed by atoms with Crippen molar-refractivity contribution in [1.29, 1.82) is 0 Å². The highest BCUT2D eigenvalue weighted by Crippen LogP contribution is 2.26. The number of aliphatic hydroxyl groups is 2. The Balaban J connectivity index is 2.97. The molecule has 0 fully saturated rings. The number of benzene rings is 1. The number of carbonyl (C=O) groups excluding carboxylic acids is 1. The topological polar surface area (TPSA) is 69.6 Å². The van der Waals surface area contributed by atoms with Gasteiger partial charge in [-0.05, 0) is 19.2 Å². The molecule has 5 heteroatoms. The van der Waals surface area contributed by atoms with Crippen LogP contribution in [0.1, 0.15) is 22.0 Å². The van der Waals surface area contributed by atoms with Gasteiger partial charge in [0, 0.05) is 22.7 Å². The van der Waals surface area contributed by atoms with Crippen LogP contribution < -0.4 is 5.32 Å². The van der Waals surface area contributed by atoms with Crippen molar-refractivity contribution in [2.45, 2.75) is 12.2 Å². The fourth-order valence-electron chi connectivity index (χ4n) is 1.39. The summed E-state index contributed by atoms with van der Waals surface area (Å²) in [6.07, 6.45) is -1.42. The molecule has 3 N–H and O–H groups in total. The lowest BCUT2D eigenvalue weighted by Gasteiger charge is -2.19. The van der Waals surface area contributed by atoms with Gasteiger partial charge in [0.05, 0.1) is 6.10 Å². The lowest BCUT2D eigenvalue weighted by Crippen LogP contribution is -2.29. The van der Waals surface area contributed by atoms with Crippen molar-refractivity contribution in [2.75, 3.05) is 13.6 Å². The Kier molecular flexibility index (Phi) is 4.89. The van der Waals surface area contributed by atoms with E-state index in [-0.39, 0.29) is 6.54 Å². The number of nitrogens with one attached hydrogen (secondary N) is 1. The predicted octanol–water partition coefficient (Wildman–Crippen LogP) is 0.766. The van der Waals surface area contributed by atoms with Gasteiger partial charge in [-0.3, -0.25) is 4.79 Å². The van der Waals surface area contributed by atoms with Crippen molar-refractivity contribution in [2.24, 2.45) is 0 Å². The lowest BCUT2D eigenvalue weighted by molar-refractivity contribution is 0.0203. The monoisotopic (exact) mass is 243 g/mol. The van der Waals surface area contributed by atoms with E-state index in [1.807, 2.05) is 0 Å². The van der Waals surface area contributed by atoms with Gasteiger partial charge in [0.25, 0.3) is 0 Å². The molecule has 2 unspecified atom stereocenters. The van der Waals surface area contributed by atoms with Crippen molar-refractivity contribution in [3.05, 3.63) is 34.3 Å². The number of likely N-dealkylation sites (N-methyl/N-ethyl adjacent to an activating group) is 1. The Morgan fingerprint density at radius 1 is 1.50 bits per heavy atom. The van der Waals surface area contributed by atoms with E-state index in [2.05, 4.69) is 5.32 Å². The molecule has 0 saturated carbocycles. The van der Waals surface area contributed by atoms with Gasteiger partial charge in [0.15, 0.2) is 0 Å². The van der Waals surface area contributed by atoms with E-state index in [1.165, 1.54) is 12.1 Å². The molecule has 0 aliphatic heterocycles. The molecule has 16 heavy (non-hydrogen) atoms. The van der Waals surface area contributed by atoms with Crippen LogP contribution in [-0.4, -0.2) is 36.2 Å². The summed E-state index contributed by atoms with van der Waals surface area (Å²) in [5.74, 6) is 0. The van der Waals surface area contributed by atoms with Gasteiger partial charge in [0.1, 0.15) is 12.4 Å². The highest BCUT2D eigenvalue weighted by Gasteiger charge is 2.20. The van der Waals surface area contributed by atoms with Crippen LogP contribution in [0.5, 0.6) is 0 Å². The Morgan fingerprint density at radius 2 is 2.19 bits per heavy atom. The van der Waals surface area contributed by atoms with Crippen molar-refractivity contribution >= 4 is 17.9 Å². The predicted molar refractivity (Wildman–Crippen MR) is 61.7 cm³/mol. The molecule has 0 aromatic heterocycles. The fourth-order valence-corrected chi connectivity index (χ4v) is 1.62. The molecule has 0 amide bonds. The minimum absolute atomic E-state index is 0.239. The lowest BCUT2D eigenvalue weighted by atomic mass is 10.0. The largest absolute Gasteiger partial charge is 0.389 e. The van der Waals surface area contributed by atoms with Crippen LogP contribution in [0.15, 0.2) is 18.2 Å². The van der Waals surface area contributed by atoms with Crippen molar-refractivity contribution in [3.63, 3.8) is 0 Å². The second kappa shape index (κ2) is 5.96. The van der Waals surface area contributed by atoms with Crippen LogP contribution in [0.4, 0.5) is 0 Å². The van der Waals surface area contributed by atoms with Crippen LogP contribution in [0.3, 0.4) is 0 Å². The highest BCUT2D eigenvalue weighted by molar-refractivity contribution is 6.31. The molecule has 0 aliphatic rings. The SMILES string of the molecule is CNCC(O)C(O)c1cc(C=O)ccc1Cl. The fraction of sp³-hybridized carbons (Fsp3) is 0.364. The third-order valence-electron chi connectivity index (χ3n) is 2.25. The Labute approximate surface area is 98.9 Å². The van der Waals surface area contributed by atoms with E-state index in [1.54, 1.807) is 13.1 Å². The number of halogens is 1. The van der Waals surface area contributed by atoms with Crippen LogP contribution in [-0.2, 0) is 0 Å². The smallest absolute Gasteiger partial charge is 0.150 e. The molecule has 88 valence electrons. The molecule has 0 spiro atoms. The minimum atomic E-state index is -1.11. The van der Waals surface area contributed by atoms with E-state index in [9.17, 15) is 15.0 Å². The summed E-state index contributed by atoms with van der Waals surface area (Å²) in [4.78, 5) is 10.6. The highest BCUT2D eigenvalue weighted by atomic mass is 35.5. The third kappa shape index (κ3) is 3.02. The van der Waals surface area contributed by atoms with Gasteiger partial charge in [-0.25, -0.2) is 0 Å². The molecule has 0 saturated heterocycles. The van der Waals surface area contributed by atoms with Crippen LogP contribution in [0, 0.1) is 0 Å². The second-order valence-electron chi connectivity index (χ2n) is 3.47. The standard InChI is InChI=1S/C11H14ClNO3/c1-13-5-10(15)11(16)8-4-7(6-14)2-3-9(8)12/h2-4,6,10-11,13,15-16H,5H2,1H3. The zero-order valence-corrected chi connectivity index (χ0v) is 9.61. The molecule has 1 aromatic carbocycles. The normalized spacial score (nSPS) is 14.5. The van der Waals surface area contributed by atoms with Crippen molar-refractivity contribution in [1.82, 2.24) is 5.32 Å². The molecule has 0 bridgehead atoms. The van der Waals surface area contributed by atoms with Gasteiger partial charge >= 0.3 is 0 Å². The van der Waals surface area contributed by atoms with Crippen LogP contribution in [0.25, 0.3) is 0 Å². The van der Waals surface area contributed by atoms with Crippen LogP contribution in [0.2, 0.25) is 5.02 Å². The molecular formula is C11H14ClNO3. The summed E-state index contributed by atoms with van der Waals surface area (Å²) in [5.41, 5.74) is 0.768. The Hall–Kier alpha value is -0.940. The first-order valence-electron chi connectivity index (χ1n) is 4.85. The van der Waals surface area contributed by atoms with E-state index < -0.39 is 12.2 Å². The number of rotatable bonds is 5. The first-order chi connectivity index (χ1) is 7.60. The maximum atomic E-state index is 10.6. The molecule has 1 aromatic rings. The van der Waals surface area contributed by atoms with E-state index in [0.717, 1.165) is 0 Å². The van der Waals surface area contributed by atoms with Gasteiger partial charge < -0.3 is 15.5 Å². The maximum absolute atomic E-state index is 10.6. The molecular weight excluding hydrogens is 230 g/mol. The first-order valence-corrected chi connectivity index (χ1v) is 5.23. The quantitative estimate of drug-likeness (QED) is 0.668. The maximum Gasteiger partial charge on any atom is 0.150 e.